The lowest BCUT2D eigenvalue weighted by Gasteiger charge is -2.41. The van der Waals surface area contributed by atoms with E-state index >= 15 is 0 Å². The van der Waals surface area contributed by atoms with E-state index in [4.69, 9.17) is 4.74 Å². The minimum absolute atomic E-state index is 0.175. The van der Waals surface area contributed by atoms with E-state index in [0.29, 0.717) is 0 Å². The van der Waals surface area contributed by atoms with Gasteiger partial charge in [-0.05, 0) is 64.0 Å². The lowest BCUT2D eigenvalue weighted by atomic mass is 9.76. The van der Waals surface area contributed by atoms with Gasteiger partial charge in [-0.1, -0.05) is 6.92 Å². The molecule has 2 heterocycles. The van der Waals surface area contributed by atoms with E-state index in [2.05, 4.69) is 42.2 Å². The van der Waals surface area contributed by atoms with Gasteiger partial charge in [0.15, 0.2) is 0 Å². The second-order valence-corrected chi connectivity index (χ2v) is 8.27. The van der Waals surface area contributed by atoms with Gasteiger partial charge in [-0.3, -0.25) is 0 Å². The van der Waals surface area contributed by atoms with Crippen LogP contribution in [-0.4, -0.2) is 40.8 Å². The third-order valence-electron chi connectivity index (χ3n) is 5.23. The van der Waals surface area contributed by atoms with Gasteiger partial charge in [0.2, 0.25) is 0 Å². The second kappa shape index (κ2) is 8.26. The van der Waals surface area contributed by atoms with Crippen molar-refractivity contribution < 1.29 is 9.53 Å². The third kappa shape index (κ3) is 5.77. The molecule has 0 aliphatic carbocycles. The van der Waals surface area contributed by atoms with E-state index in [0.717, 1.165) is 52.0 Å². The normalized spacial score (nSPS) is 17.6. The Balaban J connectivity index is 1.81. The maximum atomic E-state index is 12.2. The molecule has 5 heteroatoms. The van der Waals surface area contributed by atoms with E-state index in [9.17, 15) is 4.79 Å². The van der Waals surface area contributed by atoms with Gasteiger partial charge in [0.1, 0.15) is 5.60 Å². The Labute approximate surface area is 152 Å². The van der Waals surface area contributed by atoms with Crippen molar-refractivity contribution in [2.24, 2.45) is 5.41 Å². The maximum Gasteiger partial charge on any atom is 0.410 e. The first kappa shape index (κ1) is 19.8. The van der Waals surface area contributed by atoms with Gasteiger partial charge >= 0.3 is 6.09 Å². The van der Waals surface area contributed by atoms with Gasteiger partial charge in [-0.15, -0.1) is 0 Å². The number of amides is 1. The number of likely N-dealkylation sites (tertiary alicyclic amines) is 1. The van der Waals surface area contributed by atoms with E-state index in [1.54, 1.807) is 0 Å². The van der Waals surface area contributed by atoms with Gasteiger partial charge in [0.05, 0.1) is 0 Å². The summed E-state index contributed by atoms with van der Waals surface area (Å²) in [6.45, 7) is 14.7. The summed E-state index contributed by atoms with van der Waals surface area (Å²) < 4.78 is 7.70. The molecule has 1 N–H and O–H groups in total. The van der Waals surface area contributed by atoms with Crippen molar-refractivity contribution >= 4 is 6.09 Å². The first-order valence-electron chi connectivity index (χ1n) is 9.60. The Morgan fingerprint density at radius 2 is 1.96 bits per heavy atom. The van der Waals surface area contributed by atoms with Crippen LogP contribution in [0.1, 0.15) is 59.4 Å². The number of hydrogen-bond acceptors (Lipinski definition) is 3. The van der Waals surface area contributed by atoms with Crippen molar-refractivity contribution in [2.75, 3.05) is 19.6 Å². The second-order valence-electron chi connectivity index (χ2n) is 8.27. The largest absolute Gasteiger partial charge is 0.444 e. The number of aryl methyl sites for hydroxylation is 1. The van der Waals surface area contributed by atoms with Crippen LogP contribution < -0.4 is 5.32 Å². The zero-order valence-electron chi connectivity index (χ0n) is 16.6. The molecular formula is C20H35N3O2. The average Bonchev–Trinajstić information content (AvgIpc) is 3.02. The number of carbonyl (C=O) groups is 1. The minimum Gasteiger partial charge on any atom is -0.444 e. The van der Waals surface area contributed by atoms with Gasteiger partial charge in [-0.25, -0.2) is 4.79 Å². The fraction of sp³-hybridized carbons (Fsp3) is 0.750. The number of hydrogen-bond donors (Lipinski definition) is 1. The Hall–Kier alpha value is -1.49. The van der Waals surface area contributed by atoms with E-state index in [-0.39, 0.29) is 11.5 Å². The highest BCUT2D eigenvalue weighted by molar-refractivity contribution is 5.68. The van der Waals surface area contributed by atoms with E-state index in [1.165, 1.54) is 5.56 Å². The number of nitrogens with zero attached hydrogens (tertiary/aromatic N) is 2. The summed E-state index contributed by atoms with van der Waals surface area (Å²) in [4.78, 5) is 14.1. The molecular weight excluding hydrogens is 314 g/mol. The number of aromatic nitrogens is 1. The summed E-state index contributed by atoms with van der Waals surface area (Å²) >= 11 is 0. The summed E-state index contributed by atoms with van der Waals surface area (Å²) in [7, 11) is 0. The summed E-state index contributed by atoms with van der Waals surface area (Å²) in [6, 6.07) is 2.18. The molecule has 1 amide bonds. The van der Waals surface area contributed by atoms with Crippen LogP contribution in [0.5, 0.6) is 0 Å². The molecule has 0 unspecified atom stereocenters. The van der Waals surface area contributed by atoms with Crippen LogP contribution in [0.3, 0.4) is 0 Å². The molecule has 1 aliphatic rings. The van der Waals surface area contributed by atoms with Crippen molar-refractivity contribution in [3.8, 4) is 0 Å². The molecule has 0 aromatic carbocycles. The number of ether oxygens (including phenoxy) is 1. The molecule has 0 saturated carbocycles. The van der Waals surface area contributed by atoms with Crippen molar-refractivity contribution in [3.05, 3.63) is 24.0 Å². The SMILES string of the molecule is CCn1ccc(CNCC2(CC)CCN(C(=O)OC(C)(C)C)CC2)c1. The minimum atomic E-state index is -0.424. The quantitative estimate of drug-likeness (QED) is 0.843. The molecule has 1 saturated heterocycles. The molecule has 2 rings (SSSR count). The Bertz CT molecular complexity index is 552. The van der Waals surface area contributed by atoms with Gasteiger partial charge in [0.25, 0.3) is 0 Å². The van der Waals surface area contributed by atoms with Crippen LogP contribution in [-0.2, 0) is 17.8 Å². The molecule has 0 radical (unpaired) electrons. The molecule has 1 aromatic rings. The van der Waals surface area contributed by atoms with Crippen molar-refractivity contribution in [2.45, 2.75) is 72.6 Å². The predicted octanol–water partition coefficient (Wildman–Crippen LogP) is 4.02. The number of piperidine rings is 1. The van der Waals surface area contributed by atoms with Crippen molar-refractivity contribution in [3.63, 3.8) is 0 Å². The summed E-state index contributed by atoms with van der Waals surface area (Å²) in [5.74, 6) is 0. The first-order chi connectivity index (χ1) is 11.8. The molecule has 0 bridgehead atoms. The standard InChI is InChI=1S/C20H35N3O2/c1-6-20(16-21-14-17-8-11-22(7-2)15-17)9-12-23(13-10-20)18(24)25-19(3,4)5/h8,11,15,21H,6-7,9-10,12-14,16H2,1-5H3. The summed E-state index contributed by atoms with van der Waals surface area (Å²) in [6.07, 6.45) is 7.36. The van der Waals surface area contributed by atoms with Crippen molar-refractivity contribution in [1.82, 2.24) is 14.8 Å². The Morgan fingerprint density at radius 1 is 1.28 bits per heavy atom. The zero-order chi connectivity index (χ0) is 18.5. The first-order valence-corrected chi connectivity index (χ1v) is 9.60. The molecule has 0 atom stereocenters. The molecule has 1 aromatic heterocycles. The lowest BCUT2D eigenvalue weighted by Crippen LogP contribution is -2.48. The third-order valence-corrected chi connectivity index (χ3v) is 5.23. The fourth-order valence-electron chi connectivity index (χ4n) is 3.41. The lowest BCUT2D eigenvalue weighted by molar-refractivity contribution is 0.00943. The maximum absolute atomic E-state index is 12.2. The van der Waals surface area contributed by atoms with Crippen LogP contribution in [0.2, 0.25) is 0 Å². The van der Waals surface area contributed by atoms with E-state index < -0.39 is 5.60 Å². The highest BCUT2D eigenvalue weighted by Crippen LogP contribution is 2.34. The molecule has 1 fully saturated rings. The molecule has 0 spiro atoms. The highest BCUT2D eigenvalue weighted by Gasteiger charge is 2.35. The average molecular weight is 350 g/mol. The number of nitrogens with one attached hydrogen (secondary N) is 1. The highest BCUT2D eigenvalue weighted by atomic mass is 16.6. The Morgan fingerprint density at radius 3 is 2.48 bits per heavy atom. The summed E-state index contributed by atoms with van der Waals surface area (Å²) in [5, 5.41) is 3.63. The zero-order valence-corrected chi connectivity index (χ0v) is 16.6. The molecule has 25 heavy (non-hydrogen) atoms. The molecule has 142 valence electrons. The van der Waals surface area contributed by atoms with Gasteiger partial charge < -0.3 is 19.5 Å². The topological polar surface area (TPSA) is 46.5 Å². The predicted molar refractivity (Wildman–Crippen MR) is 102 cm³/mol. The fourth-order valence-corrected chi connectivity index (χ4v) is 3.41. The van der Waals surface area contributed by atoms with E-state index in [1.807, 2.05) is 25.7 Å². The summed E-state index contributed by atoms with van der Waals surface area (Å²) in [5.41, 5.74) is 1.19. The van der Waals surface area contributed by atoms with Crippen molar-refractivity contribution in [1.29, 1.82) is 0 Å². The van der Waals surface area contributed by atoms with Crippen LogP contribution in [0.25, 0.3) is 0 Å². The molecule has 1 aliphatic heterocycles. The Kier molecular flexibility index (Phi) is 6.55. The number of carbonyl (C=O) groups excluding carboxylic acids is 1. The number of rotatable bonds is 6. The van der Waals surface area contributed by atoms with Crippen LogP contribution in [0.4, 0.5) is 4.79 Å². The van der Waals surface area contributed by atoms with Gasteiger partial charge in [0, 0.05) is 45.1 Å². The molecule has 5 nitrogen and oxygen atoms in total. The smallest absolute Gasteiger partial charge is 0.410 e. The van der Waals surface area contributed by atoms with Crippen LogP contribution >= 0.6 is 0 Å². The van der Waals surface area contributed by atoms with Crippen LogP contribution in [0.15, 0.2) is 18.5 Å². The van der Waals surface area contributed by atoms with Gasteiger partial charge in [-0.2, -0.15) is 0 Å². The monoisotopic (exact) mass is 349 g/mol. The van der Waals surface area contributed by atoms with Crippen LogP contribution in [0, 0.1) is 5.41 Å².